The predicted octanol–water partition coefficient (Wildman–Crippen LogP) is 1.71. The molecular formula is C12H15N3O3S. The summed E-state index contributed by atoms with van der Waals surface area (Å²) in [4.78, 5) is 18.7. The lowest BCUT2D eigenvalue weighted by molar-refractivity contribution is 0.0689. The molecule has 3 rings (SSSR count). The third-order valence-electron chi connectivity index (χ3n) is 3.52. The number of hydrogen-bond donors (Lipinski definition) is 1. The Labute approximate surface area is 114 Å². The van der Waals surface area contributed by atoms with Crippen LogP contribution < -0.4 is 4.90 Å². The Balaban J connectivity index is 1.94. The van der Waals surface area contributed by atoms with Gasteiger partial charge in [-0.15, -0.1) is 11.3 Å². The van der Waals surface area contributed by atoms with Gasteiger partial charge in [0.1, 0.15) is 0 Å². The highest BCUT2D eigenvalue weighted by atomic mass is 32.1. The molecular weight excluding hydrogens is 266 g/mol. The molecule has 2 aromatic rings. The van der Waals surface area contributed by atoms with E-state index in [2.05, 4.69) is 4.98 Å². The van der Waals surface area contributed by atoms with Crippen LogP contribution in [0.15, 0.2) is 11.6 Å². The summed E-state index contributed by atoms with van der Waals surface area (Å²) in [5.74, 6) is -0.358. The van der Waals surface area contributed by atoms with Crippen LogP contribution in [0.1, 0.15) is 23.3 Å². The van der Waals surface area contributed by atoms with Gasteiger partial charge in [-0.1, -0.05) is 0 Å². The fraction of sp³-hybridized carbons (Fsp3) is 0.500. The number of aromatic nitrogens is 2. The molecule has 1 fully saturated rings. The molecule has 0 aromatic carbocycles. The van der Waals surface area contributed by atoms with E-state index in [9.17, 15) is 9.90 Å². The van der Waals surface area contributed by atoms with E-state index in [1.54, 1.807) is 17.7 Å². The summed E-state index contributed by atoms with van der Waals surface area (Å²) in [6, 6.07) is 0. The van der Waals surface area contributed by atoms with Gasteiger partial charge in [0.2, 0.25) is 0 Å². The largest absolute Gasteiger partial charge is 0.476 e. The van der Waals surface area contributed by atoms with Crippen molar-refractivity contribution >= 4 is 28.1 Å². The van der Waals surface area contributed by atoms with Crippen LogP contribution in [-0.2, 0) is 4.74 Å². The number of methoxy groups -OCH3 is 1. The Morgan fingerprint density at radius 2 is 2.26 bits per heavy atom. The molecule has 0 unspecified atom stereocenters. The molecule has 3 heterocycles. The molecule has 2 aromatic heterocycles. The SMILES string of the molecule is COC1CCN(c2nc3sccn3c2C(=O)O)CC1. The first-order chi connectivity index (χ1) is 9.20. The van der Waals surface area contributed by atoms with E-state index < -0.39 is 5.97 Å². The third kappa shape index (κ3) is 2.08. The minimum absolute atomic E-state index is 0.257. The third-order valence-corrected chi connectivity index (χ3v) is 4.28. The fourth-order valence-electron chi connectivity index (χ4n) is 2.50. The summed E-state index contributed by atoms with van der Waals surface area (Å²) in [6.07, 6.45) is 3.83. The summed E-state index contributed by atoms with van der Waals surface area (Å²) in [5, 5.41) is 11.2. The number of hydrogen-bond acceptors (Lipinski definition) is 5. The molecule has 19 heavy (non-hydrogen) atoms. The number of piperidine rings is 1. The Bertz CT molecular complexity index is 598. The normalized spacial score (nSPS) is 17.2. The van der Waals surface area contributed by atoms with Gasteiger partial charge >= 0.3 is 5.97 Å². The van der Waals surface area contributed by atoms with E-state index in [1.807, 2.05) is 10.3 Å². The van der Waals surface area contributed by atoms with Crippen LogP contribution in [0.4, 0.5) is 5.82 Å². The van der Waals surface area contributed by atoms with E-state index >= 15 is 0 Å². The molecule has 1 saturated heterocycles. The highest BCUT2D eigenvalue weighted by molar-refractivity contribution is 7.15. The van der Waals surface area contributed by atoms with Gasteiger partial charge in [0.05, 0.1) is 6.10 Å². The Kier molecular flexibility index (Phi) is 3.16. The molecule has 1 aliphatic rings. The van der Waals surface area contributed by atoms with Gasteiger partial charge in [-0.2, -0.15) is 0 Å². The maximum Gasteiger partial charge on any atom is 0.356 e. The van der Waals surface area contributed by atoms with Crippen molar-refractivity contribution in [3.8, 4) is 0 Å². The van der Waals surface area contributed by atoms with Crippen molar-refractivity contribution in [3.63, 3.8) is 0 Å². The molecule has 7 heteroatoms. The summed E-state index contributed by atoms with van der Waals surface area (Å²) in [5.41, 5.74) is 0.257. The van der Waals surface area contributed by atoms with Crippen molar-refractivity contribution < 1.29 is 14.6 Å². The number of thiazole rings is 1. The van der Waals surface area contributed by atoms with Gasteiger partial charge in [0.25, 0.3) is 0 Å². The second kappa shape index (κ2) is 4.82. The Morgan fingerprint density at radius 3 is 2.89 bits per heavy atom. The predicted molar refractivity (Wildman–Crippen MR) is 72.3 cm³/mol. The number of carboxylic acids is 1. The maximum atomic E-state index is 11.5. The quantitative estimate of drug-likeness (QED) is 0.927. The highest BCUT2D eigenvalue weighted by Crippen LogP contribution is 2.27. The van der Waals surface area contributed by atoms with Gasteiger partial charge < -0.3 is 14.7 Å². The molecule has 0 aliphatic carbocycles. The lowest BCUT2D eigenvalue weighted by atomic mass is 10.1. The summed E-state index contributed by atoms with van der Waals surface area (Å²) in [6.45, 7) is 1.56. The number of nitrogens with zero attached hydrogens (tertiary/aromatic N) is 3. The molecule has 1 aliphatic heterocycles. The summed E-state index contributed by atoms with van der Waals surface area (Å²) < 4.78 is 6.97. The van der Waals surface area contributed by atoms with Gasteiger partial charge in [-0.25, -0.2) is 9.78 Å². The fourth-order valence-corrected chi connectivity index (χ4v) is 3.21. The number of anilines is 1. The maximum absolute atomic E-state index is 11.5. The van der Waals surface area contributed by atoms with Crippen molar-refractivity contribution in [2.45, 2.75) is 18.9 Å². The zero-order valence-electron chi connectivity index (χ0n) is 10.6. The van der Waals surface area contributed by atoms with Crippen molar-refractivity contribution in [2.75, 3.05) is 25.1 Å². The van der Waals surface area contributed by atoms with Gasteiger partial charge in [-0.05, 0) is 12.8 Å². The van der Waals surface area contributed by atoms with Crippen molar-refractivity contribution in [3.05, 3.63) is 17.3 Å². The van der Waals surface area contributed by atoms with E-state index in [0.717, 1.165) is 30.9 Å². The lowest BCUT2D eigenvalue weighted by Crippen LogP contribution is -2.37. The van der Waals surface area contributed by atoms with Crippen LogP contribution >= 0.6 is 11.3 Å². The molecule has 0 radical (unpaired) electrons. The zero-order chi connectivity index (χ0) is 13.4. The molecule has 102 valence electrons. The molecule has 6 nitrogen and oxygen atoms in total. The summed E-state index contributed by atoms with van der Waals surface area (Å²) in [7, 11) is 1.72. The highest BCUT2D eigenvalue weighted by Gasteiger charge is 2.27. The number of fused-ring (bicyclic) bond motifs is 1. The molecule has 0 amide bonds. The molecule has 0 atom stereocenters. The van der Waals surface area contributed by atoms with Crippen LogP contribution in [0.2, 0.25) is 0 Å². The number of imidazole rings is 1. The van der Waals surface area contributed by atoms with Crippen LogP contribution in [0.25, 0.3) is 4.96 Å². The average molecular weight is 281 g/mol. The lowest BCUT2D eigenvalue weighted by Gasteiger charge is -2.31. The topological polar surface area (TPSA) is 67.1 Å². The molecule has 0 spiro atoms. The van der Waals surface area contributed by atoms with E-state index in [1.165, 1.54) is 11.3 Å². The second-order valence-corrected chi connectivity index (χ2v) is 5.44. The van der Waals surface area contributed by atoms with E-state index in [-0.39, 0.29) is 11.8 Å². The summed E-state index contributed by atoms with van der Waals surface area (Å²) >= 11 is 1.45. The first-order valence-corrected chi connectivity index (χ1v) is 7.05. The van der Waals surface area contributed by atoms with E-state index in [0.29, 0.717) is 5.82 Å². The first kappa shape index (κ1) is 12.4. The monoisotopic (exact) mass is 281 g/mol. The van der Waals surface area contributed by atoms with Crippen molar-refractivity contribution in [1.29, 1.82) is 0 Å². The number of carboxylic acid groups (broad SMARTS) is 1. The number of carbonyl (C=O) groups is 1. The van der Waals surface area contributed by atoms with E-state index in [4.69, 9.17) is 4.74 Å². The molecule has 0 saturated carbocycles. The molecule has 0 bridgehead atoms. The Hall–Kier alpha value is -1.60. The smallest absolute Gasteiger partial charge is 0.356 e. The average Bonchev–Trinajstić information content (AvgIpc) is 2.98. The van der Waals surface area contributed by atoms with Gasteiger partial charge in [-0.3, -0.25) is 4.40 Å². The minimum atomic E-state index is -0.935. The Morgan fingerprint density at radius 1 is 1.53 bits per heavy atom. The number of ether oxygens (including phenoxy) is 1. The standard InChI is InChI=1S/C12H15N3O3S/c1-18-8-2-4-14(5-3-8)10-9(11(16)17)15-6-7-19-12(15)13-10/h6-8H,2-5H2,1H3,(H,16,17). The van der Waals surface area contributed by atoms with Crippen LogP contribution in [0.5, 0.6) is 0 Å². The number of rotatable bonds is 3. The van der Waals surface area contributed by atoms with Crippen molar-refractivity contribution in [2.24, 2.45) is 0 Å². The van der Waals surface area contributed by atoms with Gasteiger partial charge in [0, 0.05) is 31.8 Å². The zero-order valence-corrected chi connectivity index (χ0v) is 11.4. The first-order valence-electron chi connectivity index (χ1n) is 6.17. The van der Waals surface area contributed by atoms with Gasteiger partial charge in [0.15, 0.2) is 16.5 Å². The van der Waals surface area contributed by atoms with Crippen molar-refractivity contribution in [1.82, 2.24) is 9.38 Å². The van der Waals surface area contributed by atoms with Crippen LogP contribution in [-0.4, -0.2) is 46.8 Å². The van der Waals surface area contributed by atoms with Crippen LogP contribution in [0.3, 0.4) is 0 Å². The number of aromatic carboxylic acids is 1. The van der Waals surface area contributed by atoms with Crippen LogP contribution in [0, 0.1) is 0 Å². The second-order valence-electron chi connectivity index (χ2n) is 4.57. The minimum Gasteiger partial charge on any atom is -0.476 e. The molecule has 1 N–H and O–H groups in total.